The van der Waals surface area contributed by atoms with E-state index in [9.17, 15) is 86.5 Å². The van der Waals surface area contributed by atoms with E-state index in [1.807, 2.05) is 0 Å². The van der Waals surface area contributed by atoms with Crippen LogP contribution in [0.1, 0.15) is 28.5 Å². The number of hydrogen-bond donors (Lipinski definition) is 19. The number of nitrogens with two attached hydrogens (primary N) is 1. The van der Waals surface area contributed by atoms with Crippen molar-refractivity contribution in [3.63, 3.8) is 0 Å². The summed E-state index contributed by atoms with van der Waals surface area (Å²) in [5.41, 5.74) is -0.314. The number of thiazole rings is 1. The Morgan fingerprint density at radius 1 is 0.826 bits per heavy atom. The van der Waals surface area contributed by atoms with Crippen LogP contribution >= 0.6 is 11.3 Å². The number of aromatic hydroxyl groups is 8. The second kappa shape index (κ2) is 11.6. The molecule has 0 aliphatic heterocycles. The lowest BCUT2D eigenvalue weighted by molar-refractivity contribution is -0.416. The van der Waals surface area contributed by atoms with Gasteiger partial charge in [0.15, 0.2) is 45.7 Å². The molecule has 2 aromatic carbocycles. The van der Waals surface area contributed by atoms with E-state index in [2.05, 4.69) is 4.98 Å². The molecule has 3 rings (SSSR count). The minimum absolute atomic E-state index is 0.217. The number of methoxy groups -OCH3 is 1. The minimum atomic E-state index is -4.63. The zero-order valence-electron chi connectivity index (χ0n) is 23.1. The van der Waals surface area contributed by atoms with Crippen LogP contribution in [-0.4, -0.2) is 112 Å². The number of carbonyl (C=O) groups excluding carboxylic acids is 1. The first-order chi connectivity index (χ1) is 20.9. The molecule has 0 aliphatic carbocycles. The number of phenols is 8. The van der Waals surface area contributed by atoms with Gasteiger partial charge in [-0.15, -0.1) is 11.3 Å². The standard InChI is InChI=1S/C23H28N4O18S/c1-4-6(10(29)16(35)15(34)9(4)28)17(45-2)22(41,42)27-23(43,44)21(39,40)7-11(30)13(32)8(14(33)12(7)31)26-18(36)20(37,38)5-3-46-19(24)25-5/h3,17,27-35,37-44H,1-2H3,(H2,24,25)(H,26,36). The lowest BCUT2D eigenvalue weighted by Crippen LogP contribution is -2.69. The highest BCUT2D eigenvalue weighted by Crippen LogP contribution is 2.55. The Bertz CT molecular complexity index is 1630. The number of ether oxygens (including phenoxy) is 1. The van der Waals surface area contributed by atoms with Crippen LogP contribution in [0, 0.1) is 6.92 Å². The fraction of sp³-hybridized carbons (Fsp3) is 0.304. The Morgan fingerprint density at radius 2 is 1.33 bits per heavy atom. The van der Waals surface area contributed by atoms with Crippen LogP contribution in [0.15, 0.2) is 5.38 Å². The van der Waals surface area contributed by atoms with Crippen molar-refractivity contribution in [1.82, 2.24) is 10.3 Å². The van der Waals surface area contributed by atoms with E-state index in [4.69, 9.17) is 10.5 Å². The predicted molar refractivity (Wildman–Crippen MR) is 146 cm³/mol. The van der Waals surface area contributed by atoms with Crippen molar-refractivity contribution >= 4 is 28.1 Å². The van der Waals surface area contributed by atoms with Crippen molar-refractivity contribution in [3.05, 3.63) is 27.8 Å². The summed E-state index contributed by atoms with van der Waals surface area (Å²) in [5.74, 6) is -31.2. The van der Waals surface area contributed by atoms with Crippen molar-refractivity contribution in [2.75, 3.05) is 18.2 Å². The molecule has 1 aromatic heterocycles. The summed E-state index contributed by atoms with van der Waals surface area (Å²) in [5, 5.41) is 169. The van der Waals surface area contributed by atoms with E-state index in [1.54, 1.807) is 0 Å². The average molecular weight is 681 g/mol. The fourth-order valence-electron chi connectivity index (χ4n) is 4.13. The minimum Gasteiger partial charge on any atom is -0.504 e. The zero-order chi connectivity index (χ0) is 35.5. The number of anilines is 2. The molecule has 22 nitrogen and oxygen atoms in total. The molecule has 23 heteroatoms. The van der Waals surface area contributed by atoms with Gasteiger partial charge in [0.05, 0.1) is 0 Å². The van der Waals surface area contributed by atoms with Gasteiger partial charge in [-0.3, -0.25) is 4.79 Å². The van der Waals surface area contributed by atoms with Gasteiger partial charge in [-0.1, -0.05) is 0 Å². The fourth-order valence-corrected chi connectivity index (χ4v) is 4.73. The topological polar surface area (TPSA) is 413 Å². The molecule has 0 radical (unpaired) electrons. The van der Waals surface area contributed by atoms with Crippen LogP contribution in [0.4, 0.5) is 10.8 Å². The number of phenolic OH excluding ortho intramolecular Hbond substituents is 8. The first-order valence-corrected chi connectivity index (χ1v) is 12.8. The van der Waals surface area contributed by atoms with Crippen molar-refractivity contribution in [2.24, 2.45) is 0 Å². The van der Waals surface area contributed by atoms with Crippen molar-refractivity contribution in [1.29, 1.82) is 0 Å². The number of nitrogens with one attached hydrogen (secondary N) is 2. The Kier molecular flexibility index (Phi) is 9.04. The van der Waals surface area contributed by atoms with Gasteiger partial charge in [0, 0.05) is 23.6 Å². The molecule has 0 saturated heterocycles. The number of benzene rings is 2. The van der Waals surface area contributed by atoms with Crippen LogP contribution in [0.3, 0.4) is 0 Å². The Hall–Kier alpha value is -4.66. The van der Waals surface area contributed by atoms with E-state index >= 15 is 0 Å². The predicted octanol–water partition coefficient (Wildman–Crippen LogP) is -4.15. The van der Waals surface area contributed by atoms with Gasteiger partial charge in [0.1, 0.15) is 16.9 Å². The molecule has 3 aromatic rings. The Morgan fingerprint density at radius 3 is 1.78 bits per heavy atom. The molecule has 254 valence electrons. The van der Waals surface area contributed by atoms with Gasteiger partial charge in [-0.05, 0) is 6.92 Å². The zero-order valence-corrected chi connectivity index (χ0v) is 23.9. The van der Waals surface area contributed by atoms with Crippen LogP contribution in [0.5, 0.6) is 46.0 Å². The molecule has 0 fully saturated rings. The molecule has 1 heterocycles. The second-order valence-corrected chi connectivity index (χ2v) is 10.5. The van der Waals surface area contributed by atoms with E-state index in [0.29, 0.717) is 18.4 Å². The number of amides is 1. The second-order valence-electron chi connectivity index (χ2n) is 9.59. The number of carbonyl (C=O) groups is 1. The maximum absolute atomic E-state index is 12.5. The summed E-state index contributed by atoms with van der Waals surface area (Å²) in [6.45, 7) is 0.949. The summed E-state index contributed by atoms with van der Waals surface area (Å²) in [6.07, 6.45) is -2.54. The number of rotatable bonds is 10. The largest absolute Gasteiger partial charge is 0.504 e. The van der Waals surface area contributed by atoms with Crippen LogP contribution < -0.4 is 16.4 Å². The van der Waals surface area contributed by atoms with E-state index < -0.39 is 109 Å². The molecular weight excluding hydrogens is 652 g/mol. The third kappa shape index (κ3) is 5.63. The normalized spacial score (nSPS) is 13.5. The SMILES string of the molecule is COC(c1c(C)c(O)c(O)c(O)c1O)C(O)(O)NC(O)(O)C(O)(O)c1c(O)c(O)c(NC(=O)C(O)(O)c2csc(N)n2)c(O)c1O. The van der Waals surface area contributed by atoms with Crippen LogP contribution in [-0.2, 0) is 21.1 Å². The maximum Gasteiger partial charge on any atom is 0.291 e. The summed E-state index contributed by atoms with van der Waals surface area (Å²) in [7, 11) is 0.701. The lowest BCUT2D eigenvalue weighted by Gasteiger charge is -2.42. The number of hydrogen-bond acceptors (Lipinski definition) is 22. The molecule has 46 heavy (non-hydrogen) atoms. The molecule has 0 spiro atoms. The molecule has 0 bridgehead atoms. The number of nitrogen functional groups attached to an aromatic ring is 1. The quantitative estimate of drug-likeness (QED) is 0.0548. The lowest BCUT2D eigenvalue weighted by atomic mass is 9.94. The number of nitrogens with zero attached hydrogens (tertiary/aromatic N) is 1. The van der Waals surface area contributed by atoms with E-state index in [0.717, 1.165) is 17.6 Å². The third-order valence-electron chi connectivity index (χ3n) is 6.57. The maximum atomic E-state index is 12.5. The third-order valence-corrected chi connectivity index (χ3v) is 7.25. The van der Waals surface area contributed by atoms with Gasteiger partial charge in [0.25, 0.3) is 29.3 Å². The van der Waals surface area contributed by atoms with Gasteiger partial charge in [0.2, 0.25) is 11.5 Å². The average Bonchev–Trinajstić information content (AvgIpc) is 3.40. The van der Waals surface area contributed by atoms with Gasteiger partial charge >= 0.3 is 0 Å². The number of aromatic nitrogens is 1. The summed E-state index contributed by atoms with van der Waals surface area (Å²) in [4.78, 5) is 16.0. The van der Waals surface area contributed by atoms with Crippen LogP contribution in [0.2, 0.25) is 0 Å². The first-order valence-electron chi connectivity index (χ1n) is 12.0. The van der Waals surface area contributed by atoms with E-state index in [1.165, 1.54) is 5.32 Å². The number of aliphatic hydroxyl groups is 8. The summed E-state index contributed by atoms with van der Waals surface area (Å²) < 4.78 is 4.79. The first kappa shape index (κ1) is 35.8. The molecular formula is C23H28N4O18S. The molecule has 0 saturated carbocycles. The van der Waals surface area contributed by atoms with Crippen molar-refractivity contribution in [3.8, 4) is 46.0 Å². The van der Waals surface area contributed by atoms with Crippen molar-refractivity contribution < 1.29 is 91.2 Å². The van der Waals surface area contributed by atoms with Gasteiger partial charge in [-0.2, -0.15) is 0 Å². The summed E-state index contributed by atoms with van der Waals surface area (Å²) in [6, 6.07) is 0. The highest BCUT2D eigenvalue weighted by atomic mass is 32.1. The highest BCUT2D eigenvalue weighted by molar-refractivity contribution is 7.13. The van der Waals surface area contributed by atoms with E-state index in [-0.39, 0.29) is 5.13 Å². The summed E-state index contributed by atoms with van der Waals surface area (Å²) >= 11 is 0.673. The smallest absolute Gasteiger partial charge is 0.291 e. The van der Waals surface area contributed by atoms with Gasteiger partial charge < -0.3 is 97.5 Å². The Labute approximate surface area is 258 Å². The van der Waals surface area contributed by atoms with Crippen LogP contribution in [0.25, 0.3) is 0 Å². The molecule has 1 amide bonds. The van der Waals surface area contributed by atoms with Crippen molar-refractivity contribution in [2.45, 2.75) is 36.4 Å². The molecule has 20 N–H and O–H groups in total. The Balaban J connectivity index is 2.06. The highest BCUT2D eigenvalue weighted by Gasteiger charge is 2.58. The molecule has 0 aliphatic rings. The van der Waals surface area contributed by atoms with Gasteiger partial charge in [-0.25, -0.2) is 10.3 Å². The molecule has 1 unspecified atom stereocenters. The monoisotopic (exact) mass is 680 g/mol. The molecule has 1 atom stereocenters.